The van der Waals surface area contributed by atoms with Crippen molar-refractivity contribution >= 4 is 72.4 Å². The topological polar surface area (TPSA) is 176 Å². The molecule has 0 unspecified atom stereocenters. The number of aromatic nitrogens is 12. The van der Waals surface area contributed by atoms with Gasteiger partial charge < -0.3 is 30.9 Å². The number of H-pyrrole nitrogens is 3. The van der Waals surface area contributed by atoms with Crippen molar-refractivity contribution in [2.75, 3.05) is 16.0 Å². The van der Waals surface area contributed by atoms with Crippen molar-refractivity contribution in [2.24, 2.45) is 0 Å². The van der Waals surface area contributed by atoms with E-state index < -0.39 is 16.6 Å². The first-order valence-corrected chi connectivity index (χ1v) is 29.9. The Bertz CT molecular complexity index is 4950. The summed E-state index contributed by atoms with van der Waals surface area (Å²) in [6, 6.07) is 24.6. The van der Waals surface area contributed by atoms with E-state index in [-0.39, 0.29) is 17.5 Å². The molecule has 12 aromatic rings. The summed E-state index contributed by atoms with van der Waals surface area (Å²) in [6.07, 6.45) is 10.3. The van der Waals surface area contributed by atoms with Gasteiger partial charge in [0.25, 0.3) is 0 Å². The van der Waals surface area contributed by atoms with Crippen molar-refractivity contribution in [2.45, 2.75) is 114 Å². The summed E-state index contributed by atoms with van der Waals surface area (Å²) in [6.45, 7) is 27.3. The minimum Gasteiger partial charge on any atom is -0.371 e. The van der Waals surface area contributed by atoms with Crippen molar-refractivity contribution in [3.63, 3.8) is 0 Å². The van der Waals surface area contributed by atoms with Gasteiger partial charge in [-0.1, -0.05) is 60.5 Å². The quantitative estimate of drug-likeness (QED) is 0.0743. The molecule has 3 aliphatic heterocycles. The lowest BCUT2D eigenvalue weighted by molar-refractivity contribution is 0.532. The average molecular weight is 1290 g/mol. The van der Waals surface area contributed by atoms with Crippen LogP contribution < -0.4 is 16.0 Å². The van der Waals surface area contributed by atoms with Gasteiger partial charge in [0.2, 0.25) is 0 Å². The van der Waals surface area contributed by atoms with Gasteiger partial charge in [0.1, 0.15) is 34.9 Å². The molecule has 6 N–H and O–H groups in total. The summed E-state index contributed by atoms with van der Waals surface area (Å²) in [5.74, 6) is 12.4. The summed E-state index contributed by atoms with van der Waals surface area (Å²) >= 11 is 2.29. The zero-order valence-electron chi connectivity index (χ0n) is 51.4. The first-order valence-electron chi connectivity index (χ1n) is 28.8. The van der Waals surface area contributed by atoms with Gasteiger partial charge in [0.15, 0.2) is 17.5 Å². The van der Waals surface area contributed by atoms with Crippen LogP contribution in [0.5, 0.6) is 0 Å². The van der Waals surface area contributed by atoms with Gasteiger partial charge in [-0.25, -0.2) is 13.2 Å². The summed E-state index contributed by atoms with van der Waals surface area (Å²) in [5, 5.41) is 39.4. The molecule has 6 aromatic heterocycles. The van der Waals surface area contributed by atoms with E-state index in [0.717, 1.165) is 144 Å². The highest BCUT2D eigenvalue weighted by molar-refractivity contribution is 14.1. The molecule has 0 aliphatic carbocycles. The highest BCUT2D eigenvalue weighted by Gasteiger charge is 2.40. The average Bonchev–Trinajstić information content (AvgIpc) is 1.34. The maximum atomic E-state index is 15.5. The third kappa shape index (κ3) is 9.36. The predicted octanol–water partition coefficient (Wildman–Crippen LogP) is 16.1. The van der Waals surface area contributed by atoms with Crippen LogP contribution in [-0.2, 0) is 16.6 Å². The molecule has 0 bridgehead atoms. The number of para-hydroxylation sites is 3. The minimum absolute atomic E-state index is 0.245. The van der Waals surface area contributed by atoms with E-state index in [0.29, 0.717) is 16.7 Å². The number of hydrogen-bond donors (Lipinski definition) is 6. The molecule has 9 heterocycles. The number of aryl methyl sites for hydroxylation is 3. The number of hydrogen-bond acceptors (Lipinski definition) is 9. The highest BCUT2D eigenvalue weighted by atomic mass is 127. The molecular weight excluding hydrogens is 1220 g/mol. The van der Waals surface area contributed by atoms with Crippen LogP contribution in [0, 0.1) is 86.7 Å². The van der Waals surface area contributed by atoms with Crippen LogP contribution in [0.15, 0.2) is 97.5 Å². The highest BCUT2D eigenvalue weighted by Crippen LogP contribution is 2.48. The van der Waals surface area contributed by atoms with E-state index in [1.165, 1.54) is 0 Å². The normalized spacial score (nSPS) is 14.0. The third-order valence-electron chi connectivity index (χ3n) is 16.7. The van der Waals surface area contributed by atoms with Crippen LogP contribution >= 0.6 is 22.6 Å². The monoisotopic (exact) mass is 1290 g/mol. The second-order valence-corrected chi connectivity index (χ2v) is 25.1. The Hall–Kier alpha value is -9.60. The molecule has 19 heteroatoms. The summed E-state index contributed by atoms with van der Waals surface area (Å²) < 4.78 is 53.5. The number of terminal acetylenes is 1. The van der Waals surface area contributed by atoms with Gasteiger partial charge in [-0.15, -0.1) is 48.9 Å². The zero-order valence-corrected chi connectivity index (χ0v) is 53.5. The van der Waals surface area contributed by atoms with E-state index in [1.807, 2.05) is 177 Å². The van der Waals surface area contributed by atoms with Crippen molar-refractivity contribution < 1.29 is 13.2 Å². The first kappa shape index (κ1) is 58.8. The van der Waals surface area contributed by atoms with Gasteiger partial charge >= 0.3 is 0 Å². The molecule has 15 rings (SSSR count). The predicted molar refractivity (Wildman–Crippen MR) is 354 cm³/mol. The number of rotatable bonds is 3. The number of nitrogens with one attached hydrogen (secondary N) is 6. The number of benzene rings is 6. The minimum atomic E-state index is -0.456. The second kappa shape index (κ2) is 21.7. The molecular formula is C69H65F3IN15. The van der Waals surface area contributed by atoms with Gasteiger partial charge in [0, 0.05) is 71.9 Å². The van der Waals surface area contributed by atoms with E-state index >= 15 is 13.2 Å². The van der Waals surface area contributed by atoms with Gasteiger partial charge in [0.05, 0.1) is 67.3 Å². The van der Waals surface area contributed by atoms with Gasteiger partial charge in [-0.2, -0.15) is 0 Å². The Balaban J connectivity index is 0.000000126. The third-order valence-corrected chi connectivity index (χ3v) is 17.6. The maximum Gasteiger partial charge on any atom is 0.162 e. The Labute approximate surface area is 521 Å². The molecule has 444 valence electrons. The molecule has 3 aliphatic rings. The van der Waals surface area contributed by atoms with Crippen LogP contribution in [0.4, 0.5) is 30.2 Å². The standard InChI is InChI=1S/C24H22FN5.C21H19FIN5.C21H20FN5.C3H4/c1-6-8-15-12-26-21-16(15)9-7-10-17(21)20-13(2)22-19(11-18(20)25)27-24(4,5)23-29-28-14(3)30(22)23;1-10-17(13-7-5-6-12-15(23)9-24-18(12)13)14(22)8-16-19(10)28-11(2)26-27-20(28)21(3,4)25-16;1-11-17(14-7-5-6-13-8-9-23-18(13)14)15(22)10-16-19(11)27-12(2)25-26-20(27)21(3,4)24-16;1-3-2/h7,9-12,26-27H,1-5H3;5-9,24-25H,1-4H3;5-10,23-24H,1-4H3;1H,2H3. The second-order valence-electron chi connectivity index (χ2n) is 23.9. The van der Waals surface area contributed by atoms with Gasteiger partial charge in [-0.3, -0.25) is 13.7 Å². The van der Waals surface area contributed by atoms with E-state index in [9.17, 15) is 0 Å². The van der Waals surface area contributed by atoms with Crippen molar-refractivity contribution in [3.8, 4) is 74.6 Å². The fraction of sp³-hybridized carbons (Fsp3) is 0.246. The molecule has 0 spiro atoms. The summed E-state index contributed by atoms with van der Waals surface area (Å²) in [7, 11) is 0. The lowest BCUT2D eigenvalue weighted by Crippen LogP contribution is -2.36. The van der Waals surface area contributed by atoms with E-state index in [2.05, 4.69) is 114 Å². The zero-order chi connectivity index (χ0) is 62.6. The molecule has 0 saturated heterocycles. The van der Waals surface area contributed by atoms with Crippen molar-refractivity contribution in [1.29, 1.82) is 0 Å². The molecule has 0 fully saturated rings. The van der Waals surface area contributed by atoms with Crippen molar-refractivity contribution in [3.05, 3.63) is 176 Å². The van der Waals surface area contributed by atoms with Crippen molar-refractivity contribution in [1.82, 2.24) is 59.2 Å². The van der Waals surface area contributed by atoms with Crippen LogP contribution in [0.3, 0.4) is 0 Å². The number of fused-ring (bicyclic) bond motifs is 12. The van der Waals surface area contributed by atoms with Gasteiger partial charge in [-0.05, 0) is 166 Å². The number of anilines is 3. The van der Waals surface area contributed by atoms with E-state index in [4.69, 9.17) is 0 Å². The Morgan fingerprint density at radius 1 is 0.489 bits per heavy atom. The first-order chi connectivity index (χ1) is 41.9. The summed E-state index contributed by atoms with van der Waals surface area (Å²) in [5.41, 5.74) is 14.1. The lowest BCUT2D eigenvalue weighted by atomic mass is 9.92. The fourth-order valence-corrected chi connectivity index (χ4v) is 13.6. The molecule has 0 saturated carbocycles. The van der Waals surface area contributed by atoms with Crippen LogP contribution in [0.1, 0.15) is 113 Å². The summed E-state index contributed by atoms with van der Waals surface area (Å²) in [4.78, 5) is 9.85. The Kier molecular flexibility index (Phi) is 14.5. The Morgan fingerprint density at radius 3 is 1.28 bits per heavy atom. The Morgan fingerprint density at radius 2 is 0.864 bits per heavy atom. The molecule has 88 heavy (non-hydrogen) atoms. The molecule has 6 aromatic carbocycles. The SMILES string of the molecule is C#CC.CC#Cc1c[nH]c2c(-c3c(F)cc4c(c3C)-n3c(C)nnc3C(C)(C)N4)cccc12.Cc1c(-c2cccc3c(I)c[nH]c23)c(F)cc2c1-n1c(C)nnc1C(C)(C)N2.Cc1c(-c2cccc3cc[nH]c23)c(F)cc2c1-n1c(C)nnc1C(C)(C)N2. The van der Waals surface area contributed by atoms with Crippen LogP contribution in [0.2, 0.25) is 0 Å². The molecule has 15 nitrogen and oxygen atoms in total. The van der Waals surface area contributed by atoms with Crippen LogP contribution in [-0.4, -0.2) is 59.2 Å². The number of nitrogens with zero attached hydrogens (tertiary/aromatic N) is 9. The largest absolute Gasteiger partial charge is 0.371 e. The number of aromatic amines is 3. The fourth-order valence-electron chi connectivity index (χ4n) is 12.9. The molecule has 0 radical (unpaired) electrons. The maximum absolute atomic E-state index is 15.5. The number of halogens is 4. The lowest BCUT2D eigenvalue weighted by Gasteiger charge is -2.35. The van der Waals surface area contributed by atoms with E-state index in [1.54, 1.807) is 25.1 Å². The van der Waals surface area contributed by atoms with Crippen LogP contribution in [0.25, 0.3) is 83.2 Å². The molecule has 0 amide bonds. The molecule has 0 atom stereocenters. The smallest absolute Gasteiger partial charge is 0.162 e.